The molecule has 0 saturated heterocycles. The van der Waals surface area contributed by atoms with E-state index in [0.29, 0.717) is 35.7 Å². The summed E-state index contributed by atoms with van der Waals surface area (Å²) in [6.45, 7) is 1.88. The van der Waals surface area contributed by atoms with Gasteiger partial charge in [-0.1, -0.05) is 29.3 Å². The van der Waals surface area contributed by atoms with Gasteiger partial charge in [0.05, 0.1) is 0 Å². The summed E-state index contributed by atoms with van der Waals surface area (Å²) in [6, 6.07) is 5.22. The SMILES string of the molecule is CC(Cc1c(Cl)cccc1Cl)NC(=O)CCCCC(=O)O. The van der Waals surface area contributed by atoms with Gasteiger partial charge in [-0.05, 0) is 43.9 Å². The zero-order chi connectivity index (χ0) is 15.8. The number of hydrogen-bond donors (Lipinski definition) is 2. The largest absolute Gasteiger partial charge is 0.481 e. The molecular formula is C15H19Cl2NO3. The molecule has 0 bridgehead atoms. The second-order valence-electron chi connectivity index (χ2n) is 4.97. The van der Waals surface area contributed by atoms with Gasteiger partial charge in [0.1, 0.15) is 0 Å². The van der Waals surface area contributed by atoms with Crippen LogP contribution in [0.1, 0.15) is 38.2 Å². The smallest absolute Gasteiger partial charge is 0.303 e. The number of amides is 1. The highest BCUT2D eigenvalue weighted by atomic mass is 35.5. The van der Waals surface area contributed by atoms with Crippen molar-refractivity contribution in [1.82, 2.24) is 5.32 Å². The molecule has 0 aromatic heterocycles. The molecule has 1 amide bonds. The molecule has 0 radical (unpaired) electrons. The van der Waals surface area contributed by atoms with Crippen LogP contribution in [0.3, 0.4) is 0 Å². The molecule has 0 aliphatic carbocycles. The number of aliphatic carboxylic acids is 1. The lowest BCUT2D eigenvalue weighted by atomic mass is 10.1. The van der Waals surface area contributed by atoms with Gasteiger partial charge < -0.3 is 10.4 Å². The minimum Gasteiger partial charge on any atom is -0.481 e. The van der Waals surface area contributed by atoms with E-state index in [1.807, 2.05) is 6.92 Å². The molecule has 2 N–H and O–H groups in total. The van der Waals surface area contributed by atoms with E-state index in [1.54, 1.807) is 18.2 Å². The lowest BCUT2D eigenvalue weighted by Gasteiger charge is -2.15. The van der Waals surface area contributed by atoms with E-state index >= 15 is 0 Å². The van der Waals surface area contributed by atoms with E-state index in [2.05, 4.69) is 5.32 Å². The maximum absolute atomic E-state index is 11.7. The topological polar surface area (TPSA) is 66.4 Å². The van der Waals surface area contributed by atoms with E-state index in [-0.39, 0.29) is 18.4 Å². The number of rotatable bonds is 8. The third kappa shape index (κ3) is 6.82. The molecule has 1 rings (SSSR count). The molecule has 116 valence electrons. The minimum absolute atomic E-state index is 0.0870. The fraction of sp³-hybridized carbons (Fsp3) is 0.467. The second-order valence-corrected chi connectivity index (χ2v) is 5.79. The number of carboxylic acids is 1. The van der Waals surface area contributed by atoms with Crippen molar-refractivity contribution in [3.8, 4) is 0 Å². The predicted octanol–water partition coefficient (Wildman–Crippen LogP) is 3.69. The van der Waals surface area contributed by atoms with Gasteiger partial charge in [-0.2, -0.15) is 0 Å². The summed E-state index contributed by atoms with van der Waals surface area (Å²) in [5.41, 5.74) is 0.819. The Bertz CT molecular complexity index is 485. The van der Waals surface area contributed by atoms with E-state index < -0.39 is 5.97 Å². The maximum Gasteiger partial charge on any atom is 0.303 e. The summed E-state index contributed by atoms with van der Waals surface area (Å²) >= 11 is 12.2. The summed E-state index contributed by atoms with van der Waals surface area (Å²) < 4.78 is 0. The lowest BCUT2D eigenvalue weighted by Crippen LogP contribution is -2.34. The van der Waals surface area contributed by atoms with E-state index in [1.165, 1.54) is 0 Å². The molecule has 0 aliphatic heterocycles. The van der Waals surface area contributed by atoms with Crippen molar-refractivity contribution in [2.45, 2.75) is 45.1 Å². The van der Waals surface area contributed by atoms with Crippen molar-refractivity contribution in [2.24, 2.45) is 0 Å². The van der Waals surface area contributed by atoms with Crippen LogP contribution >= 0.6 is 23.2 Å². The molecule has 1 unspecified atom stereocenters. The Morgan fingerprint density at radius 1 is 1.19 bits per heavy atom. The Morgan fingerprint density at radius 2 is 1.76 bits per heavy atom. The van der Waals surface area contributed by atoms with Gasteiger partial charge in [0, 0.05) is 28.9 Å². The van der Waals surface area contributed by atoms with Crippen molar-refractivity contribution < 1.29 is 14.7 Å². The molecule has 1 aromatic rings. The molecule has 0 spiro atoms. The first kappa shape index (κ1) is 17.8. The normalized spacial score (nSPS) is 12.0. The molecule has 1 atom stereocenters. The Hall–Kier alpha value is -1.26. The van der Waals surface area contributed by atoms with Crippen LogP contribution in [0.2, 0.25) is 10.0 Å². The van der Waals surface area contributed by atoms with Crippen LogP contribution in [-0.2, 0) is 16.0 Å². The first-order chi connectivity index (χ1) is 9.90. The highest BCUT2D eigenvalue weighted by molar-refractivity contribution is 6.36. The Kier molecular flexibility index (Phi) is 7.54. The number of unbranched alkanes of at least 4 members (excludes halogenated alkanes) is 1. The Morgan fingerprint density at radius 3 is 2.33 bits per heavy atom. The maximum atomic E-state index is 11.7. The van der Waals surface area contributed by atoms with Crippen LogP contribution < -0.4 is 5.32 Å². The highest BCUT2D eigenvalue weighted by Gasteiger charge is 2.12. The van der Waals surface area contributed by atoms with E-state index in [0.717, 1.165) is 5.56 Å². The first-order valence-electron chi connectivity index (χ1n) is 6.84. The van der Waals surface area contributed by atoms with Crippen molar-refractivity contribution in [1.29, 1.82) is 0 Å². The molecule has 0 aliphatic rings. The van der Waals surface area contributed by atoms with Crippen LogP contribution in [0.4, 0.5) is 0 Å². The summed E-state index contributed by atoms with van der Waals surface area (Å²) in [4.78, 5) is 22.1. The number of halogens is 2. The number of carboxylic acid groups (broad SMARTS) is 1. The standard InChI is InChI=1S/C15H19Cl2NO3/c1-10(9-11-12(16)5-4-6-13(11)17)18-14(19)7-2-3-8-15(20)21/h4-6,10H,2-3,7-9H2,1H3,(H,18,19)(H,20,21). The number of benzene rings is 1. The molecule has 1 aromatic carbocycles. The molecule has 21 heavy (non-hydrogen) atoms. The quantitative estimate of drug-likeness (QED) is 0.714. The second kappa shape index (κ2) is 8.90. The van der Waals surface area contributed by atoms with Crippen molar-refractivity contribution in [3.63, 3.8) is 0 Å². The van der Waals surface area contributed by atoms with Crippen LogP contribution in [0.5, 0.6) is 0 Å². The summed E-state index contributed by atoms with van der Waals surface area (Å²) in [5.74, 6) is -0.923. The Labute approximate surface area is 134 Å². The van der Waals surface area contributed by atoms with Crippen molar-refractivity contribution >= 4 is 35.1 Å². The van der Waals surface area contributed by atoms with Crippen LogP contribution in [-0.4, -0.2) is 23.0 Å². The molecular weight excluding hydrogens is 313 g/mol. The number of carbonyl (C=O) groups excluding carboxylic acids is 1. The zero-order valence-corrected chi connectivity index (χ0v) is 13.4. The zero-order valence-electron chi connectivity index (χ0n) is 11.9. The molecule has 4 nitrogen and oxygen atoms in total. The third-order valence-electron chi connectivity index (χ3n) is 3.02. The molecule has 0 saturated carbocycles. The predicted molar refractivity (Wildman–Crippen MR) is 83.9 cm³/mol. The molecule has 0 fully saturated rings. The van der Waals surface area contributed by atoms with Gasteiger partial charge in [-0.3, -0.25) is 9.59 Å². The number of hydrogen-bond acceptors (Lipinski definition) is 2. The van der Waals surface area contributed by atoms with Gasteiger partial charge in [-0.15, -0.1) is 0 Å². The average Bonchev–Trinajstić information content (AvgIpc) is 2.39. The average molecular weight is 332 g/mol. The molecule has 0 heterocycles. The van der Waals surface area contributed by atoms with E-state index in [9.17, 15) is 9.59 Å². The van der Waals surface area contributed by atoms with Gasteiger partial charge in [-0.25, -0.2) is 0 Å². The van der Waals surface area contributed by atoms with Crippen molar-refractivity contribution in [3.05, 3.63) is 33.8 Å². The van der Waals surface area contributed by atoms with Crippen LogP contribution in [0.25, 0.3) is 0 Å². The van der Waals surface area contributed by atoms with Gasteiger partial charge in [0.2, 0.25) is 5.91 Å². The van der Waals surface area contributed by atoms with Gasteiger partial charge >= 0.3 is 5.97 Å². The summed E-state index contributed by atoms with van der Waals surface area (Å²) in [6.07, 6.45) is 2.05. The molecule has 6 heteroatoms. The van der Waals surface area contributed by atoms with Gasteiger partial charge in [0.25, 0.3) is 0 Å². The summed E-state index contributed by atoms with van der Waals surface area (Å²) in [7, 11) is 0. The van der Waals surface area contributed by atoms with Crippen molar-refractivity contribution in [2.75, 3.05) is 0 Å². The fourth-order valence-electron chi connectivity index (χ4n) is 1.99. The van der Waals surface area contributed by atoms with Crippen LogP contribution in [0.15, 0.2) is 18.2 Å². The number of nitrogens with one attached hydrogen (secondary N) is 1. The highest BCUT2D eigenvalue weighted by Crippen LogP contribution is 2.25. The minimum atomic E-state index is -0.836. The number of carbonyl (C=O) groups is 2. The third-order valence-corrected chi connectivity index (χ3v) is 3.73. The van der Waals surface area contributed by atoms with Crippen LogP contribution in [0, 0.1) is 0 Å². The Balaban J connectivity index is 2.38. The lowest BCUT2D eigenvalue weighted by molar-refractivity contribution is -0.137. The summed E-state index contributed by atoms with van der Waals surface area (Å²) in [5, 5.41) is 12.6. The first-order valence-corrected chi connectivity index (χ1v) is 7.59. The fourth-order valence-corrected chi connectivity index (χ4v) is 2.55. The monoisotopic (exact) mass is 331 g/mol. The van der Waals surface area contributed by atoms with Gasteiger partial charge in [0.15, 0.2) is 0 Å². The van der Waals surface area contributed by atoms with E-state index in [4.69, 9.17) is 28.3 Å².